The normalized spacial score (nSPS) is 15.0. The Bertz CT molecular complexity index is 435. The predicted octanol–water partition coefficient (Wildman–Crippen LogP) is 3.69. The van der Waals surface area contributed by atoms with Crippen LogP contribution in [0.4, 0.5) is 5.69 Å². The van der Waals surface area contributed by atoms with Crippen LogP contribution >= 0.6 is 15.9 Å². The maximum atomic E-state index is 9.12. The maximum absolute atomic E-state index is 9.12. The van der Waals surface area contributed by atoms with Crippen molar-refractivity contribution in [2.75, 3.05) is 24.6 Å². The molecule has 1 aliphatic rings. The molecule has 0 aromatic heterocycles. The SMILES string of the molecule is CCCNCc1ccc(N(CCCO)C2CCC2)c(Br)c1. The quantitative estimate of drug-likeness (QED) is 0.663. The van der Waals surface area contributed by atoms with Crippen LogP contribution in [0.1, 0.15) is 44.6 Å². The van der Waals surface area contributed by atoms with Crippen molar-refractivity contribution in [3.8, 4) is 0 Å². The lowest BCUT2D eigenvalue weighted by Crippen LogP contribution is -2.41. The molecule has 0 heterocycles. The van der Waals surface area contributed by atoms with Gasteiger partial charge in [-0.3, -0.25) is 0 Å². The molecule has 0 spiro atoms. The molecule has 1 aromatic rings. The lowest BCUT2D eigenvalue weighted by molar-refractivity contribution is 0.283. The maximum Gasteiger partial charge on any atom is 0.0513 e. The minimum absolute atomic E-state index is 0.264. The Hall–Kier alpha value is -0.580. The van der Waals surface area contributed by atoms with E-state index in [9.17, 15) is 0 Å². The molecular formula is C17H27BrN2O. The summed E-state index contributed by atoms with van der Waals surface area (Å²) in [5.41, 5.74) is 2.59. The predicted molar refractivity (Wildman–Crippen MR) is 92.8 cm³/mol. The number of nitrogens with zero attached hydrogens (tertiary/aromatic N) is 1. The lowest BCUT2D eigenvalue weighted by Gasteiger charge is -2.40. The Morgan fingerprint density at radius 1 is 1.38 bits per heavy atom. The second-order valence-corrected chi connectivity index (χ2v) is 6.67. The van der Waals surface area contributed by atoms with E-state index in [-0.39, 0.29) is 6.61 Å². The minimum atomic E-state index is 0.264. The van der Waals surface area contributed by atoms with E-state index in [1.807, 2.05) is 0 Å². The molecule has 0 radical (unpaired) electrons. The number of hydrogen-bond acceptors (Lipinski definition) is 3. The molecule has 3 nitrogen and oxygen atoms in total. The van der Waals surface area contributed by atoms with Gasteiger partial charge in [-0.1, -0.05) is 13.0 Å². The standard InChI is InChI=1S/C17H27BrN2O/c1-2-9-19-13-14-7-8-17(16(18)12-14)20(10-4-11-21)15-5-3-6-15/h7-8,12,15,19,21H,2-6,9-11,13H2,1H3. The number of halogens is 1. The summed E-state index contributed by atoms with van der Waals surface area (Å²) in [6, 6.07) is 7.32. The summed E-state index contributed by atoms with van der Waals surface area (Å²) >= 11 is 3.74. The molecule has 21 heavy (non-hydrogen) atoms. The molecule has 4 heteroatoms. The van der Waals surface area contributed by atoms with Crippen molar-refractivity contribution in [1.29, 1.82) is 0 Å². The first-order valence-electron chi connectivity index (χ1n) is 8.13. The number of rotatable bonds is 9. The molecule has 0 bridgehead atoms. The summed E-state index contributed by atoms with van der Waals surface area (Å²) in [6.07, 6.45) is 5.88. The van der Waals surface area contributed by atoms with E-state index in [4.69, 9.17) is 5.11 Å². The van der Waals surface area contributed by atoms with E-state index in [0.717, 1.165) is 32.5 Å². The summed E-state index contributed by atoms with van der Waals surface area (Å²) in [4.78, 5) is 2.47. The molecule has 0 aliphatic heterocycles. The van der Waals surface area contributed by atoms with Crippen LogP contribution in [0, 0.1) is 0 Å². The summed E-state index contributed by atoms with van der Waals surface area (Å²) in [5.74, 6) is 0. The van der Waals surface area contributed by atoms with E-state index in [1.165, 1.54) is 35.0 Å². The molecule has 118 valence electrons. The third kappa shape index (κ3) is 4.70. The zero-order valence-electron chi connectivity index (χ0n) is 12.9. The van der Waals surface area contributed by atoms with E-state index in [0.29, 0.717) is 6.04 Å². The highest BCUT2D eigenvalue weighted by Crippen LogP contribution is 2.34. The second-order valence-electron chi connectivity index (χ2n) is 5.82. The largest absolute Gasteiger partial charge is 0.396 e. The first-order chi connectivity index (χ1) is 10.3. The second kappa shape index (κ2) is 8.76. The van der Waals surface area contributed by atoms with Gasteiger partial charge in [-0.25, -0.2) is 0 Å². The molecule has 2 rings (SSSR count). The zero-order chi connectivity index (χ0) is 15.1. The fraction of sp³-hybridized carbons (Fsp3) is 0.647. The average Bonchev–Trinajstić information content (AvgIpc) is 2.42. The molecule has 0 unspecified atom stereocenters. The molecule has 1 fully saturated rings. The van der Waals surface area contributed by atoms with Gasteiger partial charge >= 0.3 is 0 Å². The number of benzene rings is 1. The third-order valence-corrected chi connectivity index (χ3v) is 4.79. The van der Waals surface area contributed by atoms with Gasteiger partial charge in [-0.15, -0.1) is 0 Å². The van der Waals surface area contributed by atoms with Crippen molar-refractivity contribution < 1.29 is 5.11 Å². The van der Waals surface area contributed by atoms with Gasteiger partial charge in [0.1, 0.15) is 0 Å². The van der Waals surface area contributed by atoms with E-state index in [1.54, 1.807) is 0 Å². The molecule has 0 saturated heterocycles. The van der Waals surface area contributed by atoms with Crippen LogP contribution in [0.25, 0.3) is 0 Å². The summed E-state index contributed by atoms with van der Waals surface area (Å²) < 4.78 is 1.17. The highest BCUT2D eigenvalue weighted by atomic mass is 79.9. The fourth-order valence-corrected chi connectivity index (χ4v) is 3.40. The average molecular weight is 355 g/mol. The van der Waals surface area contributed by atoms with Gasteiger partial charge in [0.2, 0.25) is 0 Å². The summed E-state index contributed by atoms with van der Waals surface area (Å²) in [6.45, 7) is 5.37. The Morgan fingerprint density at radius 3 is 2.76 bits per heavy atom. The van der Waals surface area contributed by atoms with Gasteiger partial charge in [0, 0.05) is 30.2 Å². The Labute approximate surface area is 136 Å². The van der Waals surface area contributed by atoms with Crippen LogP contribution < -0.4 is 10.2 Å². The van der Waals surface area contributed by atoms with Gasteiger partial charge < -0.3 is 15.3 Å². The minimum Gasteiger partial charge on any atom is -0.396 e. The van der Waals surface area contributed by atoms with Crippen molar-refractivity contribution in [1.82, 2.24) is 5.32 Å². The van der Waals surface area contributed by atoms with Crippen molar-refractivity contribution in [2.24, 2.45) is 0 Å². The van der Waals surface area contributed by atoms with Crippen molar-refractivity contribution in [3.05, 3.63) is 28.2 Å². The number of aliphatic hydroxyl groups is 1. The van der Waals surface area contributed by atoms with Gasteiger partial charge in [0.15, 0.2) is 0 Å². The van der Waals surface area contributed by atoms with Crippen LogP contribution in [0.3, 0.4) is 0 Å². The van der Waals surface area contributed by atoms with Crippen molar-refractivity contribution in [3.63, 3.8) is 0 Å². The summed E-state index contributed by atoms with van der Waals surface area (Å²) in [7, 11) is 0. The highest BCUT2D eigenvalue weighted by molar-refractivity contribution is 9.10. The number of aliphatic hydroxyl groups excluding tert-OH is 1. The smallest absolute Gasteiger partial charge is 0.0513 e. The molecule has 0 amide bonds. The Morgan fingerprint density at radius 2 is 2.19 bits per heavy atom. The molecule has 0 atom stereocenters. The monoisotopic (exact) mass is 354 g/mol. The molecule has 1 saturated carbocycles. The number of hydrogen-bond donors (Lipinski definition) is 2. The highest BCUT2D eigenvalue weighted by Gasteiger charge is 2.26. The van der Waals surface area contributed by atoms with Crippen LogP contribution in [-0.4, -0.2) is 30.8 Å². The number of nitrogens with one attached hydrogen (secondary N) is 1. The van der Waals surface area contributed by atoms with Gasteiger partial charge in [-0.2, -0.15) is 0 Å². The van der Waals surface area contributed by atoms with Crippen molar-refractivity contribution in [2.45, 2.75) is 51.6 Å². The van der Waals surface area contributed by atoms with Gasteiger partial charge in [-0.05, 0) is 72.3 Å². The van der Waals surface area contributed by atoms with E-state index in [2.05, 4.69) is 51.3 Å². The van der Waals surface area contributed by atoms with E-state index < -0.39 is 0 Å². The molecular weight excluding hydrogens is 328 g/mol. The number of anilines is 1. The Kier molecular flexibility index (Phi) is 7.00. The summed E-state index contributed by atoms with van der Waals surface area (Å²) in [5, 5.41) is 12.6. The zero-order valence-corrected chi connectivity index (χ0v) is 14.5. The molecule has 1 aliphatic carbocycles. The third-order valence-electron chi connectivity index (χ3n) is 4.15. The van der Waals surface area contributed by atoms with Gasteiger partial charge in [0.25, 0.3) is 0 Å². The first-order valence-corrected chi connectivity index (χ1v) is 8.92. The lowest BCUT2D eigenvalue weighted by atomic mass is 9.91. The van der Waals surface area contributed by atoms with E-state index >= 15 is 0 Å². The van der Waals surface area contributed by atoms with Crippen molar-refractivity contribution >= 4 is 21.6 Å². The topological polar surface area (TPSA) is 35.5 Å². The van der Waals surface area contributed by atoms with Gasteiger partial charge in [0.05, 0.1) is 5.69 Å². The van der Waals surface area contributed by atoms with Crippen LogP contribution in [0.5, 0.6) is 0 Å². The Balaban J connectivity index is 2.05. The first kappa shape index (κ1) is 16.8. The molecule has 2 N–H and O–H groups in total. The van der Waals surface area contributed by atoms with Crippen LogP contribution in [-0.2, 0) is 6.54 Å². The fourth-order valence-electron chi connectivity index (χ4n) is 2.74. The van der Waals surface area contributed by atoms with Crippen LogP contribution in [0.2, 0.25) is 0 Å². The molecule has 1 aromatic carbocycles. The van der Waals surface area contributed by atoms with Crippen LogP contribution in [0.15, 0.2) is 22.7 Å².